The molecule has 1 fully saturated rings. The Bertz CT molecular complexity index is 1020. The Hall–Kier alpha value is -3.17. The van der Waals surface area contributed by atoms with Crippen molar-refractivity contribution in [3.63, 3.8) is 0 Å². The number of benzene rings is 1. The van der Waals surface area contributed by atoms with Crippen molar-refractivity contribution in [3.8, 4) is 11.5 Å². The van der Waals surface area contributed by atoms with Gasteiger partial charge in [-0.25, -0.2) is 9.50 Å². The van der Waals surface area contributed by atoms with E-state index in [1.807, 2.05) is 6.07 Å². The van der Waals surface area contributed by atoms with Gasteiger partial charge in [0.05, 0.1) is 33.5 Å². The van der Waals surface area contributed by atoms with E-state index in [1.54, 1.807) is 49.5 Å². The molecule has 3 aromatic rings. The number of morpholine rings is 1. The number of aromatic nitrogens is 3. The van der Waals surface area contributed by atoms with Gasteiger partial charge in [-0.3, -0.25) is 4.79 Å². The first kappa shape index (κ1) is 19.2. The number of methoxy groups -OCH3 is 2. The van der Waals surface area contributed by atoms with Crippen LogP contribution in [-0.4, -0.2) is 70.6 Å². The molecule has 1 saturated heterocycles. The van der Waals surface area contributed by atoms with Gasteiger partial charge in [0, 0.05) is 6.54 Å². The van der Waals surface area contributed by atoms with Crippen LogP contribution in [0.25, 0.3) is 5.65 Å². The molecule has 1 aliphatic rings. The number of rotatable bonds is 5. The lowest BCUT2D eigenvalue weighted by atomic mass is 9.97. The standard InChI is InChI=1S/C20H22N4O5/c1-27-15-7-6-13(10-16(15)28-2)19-17(11-25)29-9-8-23(19)20(26)14-4-3-5-18-21-12-22-24(14)18/h3-7,10,12,17,19,25H,8-9,11H2,1-2H3/t17-,19-/m0/s1. The highest BCUT2D eigenvalue weighted by Crippen LogP contribution is 2.36. The van der Waals surface area contributed by atoms with Crippen molar-refractivity contribution >= 4 is 11.6 Å². The fourth-order valence-corrected chi connectivity index (χ4v) is 3.70. The van der Waals surface area contributed by atoms with Gasteiger partial charge in [0.25, 0.3) is 5.91 Å². The molecular formula is C20H22N4O5. The highest BCUT2D eigenvalue weighted by atomic mass is 16.5. The molecule has 152 valence electrons. The highest BCUT2D eigenvalue weighted by molar-refractivity contribution is 5.93. The summed E-state index contributed by atoms with van der Waals surface area (Å²) in [5, 5.41) is 14.1. The summed E-state index contributed by atoms with van der Waals surface area (Å²) in [4.78, 5) is 19.3. The average molecular weight is 398 g/mol. The summed E-state index contributed by atoms with van der Waals surface area (Å²) >= 11 is 0. The van der Waals surface area contributed by atoms with Gasteiger partial charge < -0.3 is 24.2 Å². The third-order valence-corrected chi connectivity index (χ3v) is 5.06. The predicted molar refractivity (Wildman–Crippen MR) is 103 cm³/mol. The maximum Gasteiger partial charge on any atom is 0.273 e. The smallest absolute Gasteiger partial charge is 0.273 e. The second-order valence-electron chi connectivity index (χ2n) is 6.59. The van der Waals surface area contributed by atoms with Gasteiger partial charge >= 0.3 is 0 Å². The monoisotopic (exact) mass is 398 g/mol. The lowest BCUT2D eigenvalue weighted by molar-refractivity contribution is -0.0813. The minimum atomic E-state index is -0.569. The summed E-state index contributed by atoms with van der Waals surface area (Å²) in [7, 11) is 3.11. The zero-order chi connectivity index (χ0) is 20.4. The molecule has 2 atom stereocenters. The summed E-state index contributed by atoms with van der Waals surface area (Å²) in [5.74, 6) is 0.902. The van der Waals surface area contributed by atoms with E-state index in [0.29, 0.717) is 36.0 Å². The molecule has 0 radical (unpaired) electrons. The number of pyridine rings is 1. The molecule has 1 aromatic carbocycles. The van der Waals surface area contributed by atoms with Crippen LogP contribution >= 0.6 is 0 Å². The topological polar surface area (TPSA) is 98.4 Å². The van der Waals surface area contributed by atoms with Gasteiger partial charge in [-0.15, -0.1) is 0 Å². The van der Waals surface area contributed by atoms with Crippen molar-refractivity contribution in [2.45, 2.75) is 12.1 Å². The molecule has 1 N–H and O–H groups in total. The lowest BCUT2D eigenvalue weighted by Crippen LogP contribution is -2.49. The van der Waals surface area contributed by atoms with Crippen LogP contribution in [0.15, 0.2) is 42.7 Å². The van der Waals surface area contributed by atoms with E-state index >= 15 is 0 Å². The maximum absolute atomic E-state index is 13.5. The number of carbonyl (C=O) groups is 1. The van der Waals surface area contributed by atoms with Crippen LogP contribution in [0, 0.1) is 0 Å². The molecule has 4 rings (SSSR count). The average Bonchev–Trinajstić information content (AvgIpc) is 3.26. The van der Waals surface area contributed by atoms with Crippen molar-refractivity contribution in [2.24, 2.45) is 0 Å². The number of aliphatic hydroxyl groups is 1. The fraction of sp³-hybridized carbons (Fsp3) is 0.350. The van der Waals surface area contributed by atoms with E-state index in [-0.39, 0.29) is 12.5 Å². The number of ether oxygens (including phenoxy) is 3. The van der Waals surface area contributed by atoms with E-state index in [2.05, 4.69) is 10.1 Å². The Morgan fingerprint density at radius 2 is 2.07 bits per heavy atom. The van der Waals surface area contributed by atoms with Crippen LogP contribution in [0.2, 0.25) is 0 Å². The Labute approximate surface area is 167 Å². The normalized spacial score (nSPS) is 19.3. The van der Waals surface area contributed by atoms with Gasteiger partial charge in [0.2, 0.25) is 0 Å². The third-order valence-electron chi connectivity index (χ3n) is 5.06. The molecule has 1 amide bonds. The Kier molecular flexibility index (Phi) is 5.32. The number of hydrogen-bond donors (Lipinski definition) is 1. The van der Waals surface area contributed by atoms with E-state index in [0.717, 1.165) is 5.56 Å². The summed E-state index contributed by atoms with van der Waals surface area (Å²) in [5.41, 5.74) is 1.76. The molecule has 0 unspecified atom stereocenters. The van der Waals surface area contributed by atoms with Crippen LogP contribution in [0.4, 0.5) is 0 Å². The maximum atomic E-state index is 13.5. The minimum Gasteiger partial charge on any atom is -0.493 e. The molecule has 2 aromatic heterocycles. The number of carbonyl (C=O) groups excluding carboxylic acids is 1. The van der Waals surface area contributed by atoms with Crippen LogP contribution < -0.4 is 9.47 Å². The van der Waals surface area contributed by atoms with Crippen LogP contribution in [0.5, 0.6) is 11.5 Å². The fourth-order valence-electron chi connectivity index (χ4n) is 3.70. The SMILES string of the molecule is COc1ccc([C@H]2[C@H](CO)OCCN2C(=O)c2cccc3ncnn23)cc1OC. The van der Waals surface area contributed by atoms with E-state index in [4.69, 9.17) is 14.2 Å². The van der Waals surface area contributed by atoms with Gasteiger partial charge in [-0.1, -0.05) is 12.1 Å². The van der Waals surface area contributed by atoms with Crippen LogP contribution in [-0.2, 0) is 4.74 Å². The number of hydrogen-bond acceptors (Lipinski definition) is 7. The highest BCUT2D eigenvalue weighted by Gasteiger charge is 2.37. The quantitative estimate of drug-likeness (QED) is 0.692. The summed E-state index contributed by atoms with van der Waals surface area (Å²) < 4.78 is 18.0. The largest absolute Gasteiger partial charge is 0.493 e. The first-order valence-electron chi connectivity index (χ1n) is 9.22. The summed E-state index contributed by atoms with van der Waals surface area (Å²) in [6.07, 6.45) is 0.842. The van der Waals surface area contributed by atoms with Gasteiger partial charge in [-0.05, 0) is 29.8 Å². The Morgan fingerprint density at radius 3 is 2.83 bits per heavy atom. The molecule has 3 heterocycles. The molecular weight excluding hydrogens is 376 g/mol. The zero-order valence-corrected chi connectivity index (χ0v) is 16.2. The van der Waals surface area contributed by atoms with Gasteiger partial charge in [0.15, 0.2) is 17.1 Å². The minimum absolute atomic E-state index is 0.220. The number of fused-ring (bicyclic) bond motifs is 1. The second-order valence-corrected chi connectivity index (χ2v) is 6.59. The molecule has 0 saturated carbocycles. The van der Waals surface area contributed by atoms with Crippen molar-refractivity contribution < 1.29 is 24.1 Å². The molecule has 0 bridgehead atoms. The molecule has 1 aliphatic heterocycles. The molecule has 29 heavy (non-hydrogen) atoms. The molecule has 0 aliphatic carbocycles. The summed E-state index contributed by atoms with van der Waals surface area (Å²) in [6, 6.07) is 10.2. The van der Waals surface area contributed by atoms with E-state index in [9.17, 15) is 9.90 Å². The van der Waals surface area contributed by atoms with Crippen molar-refractivity contribution in [2.75, 3.05) is 34.0 Å². The van der Waals surface area contributed by atoms with E-state index < -0.39 is 12.1 Å². The van der Waals surface area contributed by atoms with Crippen LogP contribution in [0.1, 0.15) is 22.1 Å². The van der Waals surface area contributed by atoms with Crippen molar-refractivity contribution in [3.05, 3.63) is 54.0 Å². The molecule has 9 nitrogen and oxygen atoms in total. The van der Waals surface area contributed by atoms with E-state index in [1.165, 1.54) is 10.8 Å². The Morgan fingerprint density at radius 1 is 1.24 bits per heavy atom. The predicted octanol–water partition coefficient (Wildman–Crippen LogP) is 1.32. The zero-order valence-electron chi connectivity index (χ0n) is 16.2. The number of nitrogens with zero attached hydrogens (tertiary/aromatic N) is 4. The van der Waals surface area contributed by atoms with Gasteiger partial charge in [0.1, 0.15) is 18.1 Å². The van der Waals surface area contributed by atoms with Crippen LogP contribution in [0.3, 0.4) is 0 Å². The van der Waals surface area contributed by atoms with Crippen molar-refractivity contribution in [1.29, 1.82) is 0 Å². The Balaban J connectivity index is 1.76. The molecule has 9 heteroatoms. The first-order valence-corrected chi connectivity index (χ1v) is 9.22. The van der Waals surface area contributed by atoms with Gasteiger partial charge in [-0.2, -0.15) is 5.10 Å². The van der Waals surface area contributed by atoms with Crippen molar-refractivity contribution in [1.82, 2.24) is 19.5 Å². The second kappa shape index (κ2) is 8.06. The number of aliphatic hydroxyl groups excluding tert-OH is 1. The molecule has 0 spiro atoms. The number of amides is 1. The third kappa shape index (κ3) is 3.39. The lowest BCUT2D eigenvalue weighted by Gasteiger charge is -2.41. The summed E-state index contributed by atoms with van der Waals surface area (Å²) in [6.45, 7) is 0.476. The first-order chi connectivity index (χ1) is 14.2.